The van der Waals surface area contributed by atoms with Gasteiger partial charge in [-0.3, -0.25) is 4.79 Å². The molecule has 0 unspecified atom stereocenters. The zero-order valence-corrected chi connectivity index (χ0v) is 13.1. The molecule has 10 nitrogen and oxygen atoms in total. The maximum absolute atomic E-state index is 12.2. The molecule has 0 aromatic carbocycles. The maximum atomic E-state index is 12.2. The van der Waals surface area contributed by atoms with Gasteiger partial charge in [-0.15, -0.1) is 16.4 Å². The number of aromatic nitrogens is 4. The molecule has 0 saturated heterocycles. The van der Waals surface area contributed by atoms with Gasteiger partial charge in [-0.1, -0.05) is 0 Å². The highest BCUT2D eigenvalue weighted by Gasteiger charge is 2.24. The summed E-state index contributed by atoms with van der Waals surface area (Å²) in [5.74, 6) is -0.931. The number of aliphatic carboxylic acids is 1. The van der Waals surface area contributed by atoms with E-state index in [2.05, 4.69) is 15.5 Å². The summed E-state index contributed by atoms with van der Waals surface area (Å²) in [4.78, 5) is 11.2. The zero-order chi connectivity index (χ0) is 16.3. The summed E-state index contributed by atoms with van der Waals surface area (Å²) in [7, 11) is -2.35. The van der Waals surface area contributed by atoms with Crippen LogP contribution >= 0.6 is 11.3 Å². The lowest BCUT2D eigenvalue weighted by atomic mass is 10.4. The number of carboxylic acid groups (broad SMARTS) is 1. The van der Waals surface area contributed by atoms with Gasteiger partial charge >= 0.3 is 5.97 Å². The molecule has 0 radical (unpaired) electrons. The predicted molar refractivity (Wildman–Crippen MR) is 75.7 cm³/mol. The SMILES string of the molecule is CN(CCO)S(=O)(=O)c1ccc(-c2nnnn2CC(=O)O)s1. The molecule has 2 heterocycles. The van der Waals surface area contributed by atoms with Crippen LogP contribution in [0.3, 0.4) is 0 Å². The molecule has 22 heavy (non-hydrogen) atoms. The first kappa shape index (κ1) is 16.5. The number of hydrogen-bond acceptors (Lipinski definition) is 8. The van der Waals surface area contributed by atoms with E-state index in [1.54, 1.807) is 0 Å². The smallest absolute Gasteiger partial charge is 0.325 e. The molecule has 0 aliphatic rings. The standard InChI is InChI=1S/C10H13N5O5S2/c1-14(4-5-16)22(19,20)9-3-2-7(21-9)10-11-12-13-15(10)6-8(17)18/h2-3,16H,4-6H2,1H3,(H,17,18). The van der Waals surface area contributed by atoms with E-state index >= 15 is 0 Å². The van der Waals surface area contributed by atoms with Gasteiger partial charge in [0.1, 0.15) is 10.8 Å². The molecular weight excluding hydrogens is 334 g/mol. The second-order valence-electron chi connectivity index (χ2n) is 4.22. The molecule has 120 valence electrons. The van der Waals surface area contributed by atoms with Gasteiger partial charge in [0.25, 0.3) is 10.0 Å². The third-order valence-electron chi connectivity index (χ3n) is 2.70. The lowest BCUT2D eigenvalue weighted by molar-refractivity contribution is -0.137. The molecule has 0 aliphatic carbocycles. The number of aliphatic hydroxyl groups is 1. The summed E-state index contributed by atoms with van der Waals surface area (Å²) >= 11 is 0.925. The van der Waals surface area contributed by atoms with Gasteiger partial charge in [0.05, 0.1) is 11.5 Å². The Morgan fingerprint density at radius 3 is 2.82 bits per heavy atom. The monoisotopic (exact) mass is 347 g/mol. The molecule has 12 heteroatoms. The summed E-state index contributed by atoms with van der Waals surface area (Å²) in [6.07, 6.45) is 0. The fourth-order valence-corrected chi connectivity index (χ4v) is 4.28. The summed E-state index contributed by atoms with van der Waals surface area (Å²) in [5.41, 5.74) is 0. The first-order chi connectivity index (χ1) is 10.4. The molecule has 2 rings (SSSR count). The van der Waals surface area contributed by atoms with Gasteiger partial charge in [-0.05, 0) is 22.6 Å². The van der Waals surface area contributed by atoms with E-state index in [1.165, 1.54) is 19.2 Å². The van der Waals surface area contributed by atoms with Gasteiger partial charge in [-0.25, -0.2) is 13.1 Å². The highest BCUT2D eigenvalue weighted by Crippen LogP contribution is 2.30. The number of nitrogens with zero attached hydrogens (tertiary/aromatic N) is 5. The Morgan fingerprint density at radius 2 is 2.18 bits per heavy atom. The highest BCUT2D eigenvalue weighted by molar-refractivity contribution is 7.91. The molecule has 2 aromatic rings. The third-order valence-corrected chi connectivity index (χ3v) is 6.10. The van der Waals surface area contributed by atoms with E-state index in [-0.39, 0.29) is 23.2 Å². The number of carboxylic acids is 1. The van der Waals surface area contributed by atoms with Gasteiger partial charge in [0, 0.05) is 13.6 Å². The normalized spacial score (nSPS) is 12.0. The van der Waals surface area contributed by atoms with Crippen molar-refractivity contribution in [1.29, 1.82) is 0 Å². The van der Waals surface area contributed by atoms with Crippen LogP contribution in [0.4, 0.5) is 0 Å². The molecule has 2 N–H and O–H groups in total. The van der Waals surface area contributed by atoms with Crippen molar-refractivity contribution in [1.82, 2.24) is 24.5 Å². The zero-order valence-electron chi connectivity index (χ0n) is 11.4. The molecule has 0 atom stereocenters. The van der Waals surface area contributed by atoms with Crippen LogP contribution in [0.2, 0.25) is 0 Å². The topological polar surface area (TPSA) is 139 Å². The molecule has 0 bridgehead atoms. The largest absolute Gasteiger partial charge is 0.480 e. The first-order valence-electron chi connectivity index (χ1n) is 6.01. The van der Waals surface area contributed by atoms with Crippen LogP contribution < -0.4 is 0 Å². The molecular formula is C10H13N5O5S2. The molecule has 0 saturated carbocycles. The van der Waals surface area contributed by atoms with Crippen LogP contribution in [0.1, 0.15) is 0 Å². The number of thiophene rings is 1. The minimum atomic E-state index is -3.71. The predicted octanol–water partition coefficient (Wildman–Crippen LogP) is -0.901. The summed E-state index contributed by atoms with van der Waals surface area (Å²) < 4.78 is 26.6. The maximum Gasteiger partial charge on any atom is 0.325 e. The van der Waals surface area contributed by atoms with Crippen molar-refractivity contribution >= 4 is 27.3 Å². The fourth-order valence-electron chi connectivity index (χ4n) is 1.61. The van der Waals surface area contributed by atoms with Crippen molar-refractivity contribution in [3.05, 3.63) is 12.1 Å². The Hall–Kier alpha value is -1.89. The van der Waals surface area contributed by atoms with Crippen molar-refractivity contribution in [2.45, 2.75) is 10.8 Å². The van der Waals surface area contributed by atoms with E-state index < -0.39 is 22.5 Å². The van der Waals surface area contributed by atoms with Crippen LogP contribution in [0, 0.1) is 0 Å². The number of tetrazole rings is 1. The van der Waals surface area contributed by atoms with Crippen LogP contribution in [-0.4, -0.2) is 69.3 Å². The first-order valence-corrected chi connectivity index (χ1v) is 8.27. The molecule has 0 spiro atoms. The van der Waals surface area contributed by atoms with Gasteiger partial charge in [0.15, 0.2) is 5.82 Å². The van der Waals surface area contributed by atoms with Crippen LogP contribution in [0.5, 0.6) is 0 Å². The Balaban J connectivity index is 2.33. The molecule has 0 amide bonds. The number of rotatable bonds is 7. The Labute approximate surface area is 129 Å². The Morgan fingerprint density at radius 1 is 1.45 bits per heavy atom. The minimum Gasteiger partial charge on any atom is -0.480 e. The number of likely N-dealkylation sites (N-methyl/N-ethyl adjacent to an activating group) is 1. The number of carbonyl (C=O) groups is 1. The van der Waals surface area contributed by atoms with E-state index in [4.69, 9.17) is 10.2 Å². The number of sulfonamides is 1. The van der Waals surface area contributed by atoms with E-state index in [0.29, 0.717) is 4.88 Å². The number of aliphatic hydroxyl groups excluding tert-OH is 1. The number of hydrogen-bond donors (Lipinski definition) is 2. The van der Waals surface area contributed by atoms with Crippen molar-refractivity contribution < 1.29 is 23.4 Å². The van der Waals surface area contributed by atoms with Crippen molar-refractivity contribution in [2.24, 2.45) is 0 Å². The van der Waals surface area contributed by atoms with Gasteiger partial charge in [-0.2, -0.15) is 4.31 Å². The van der Waals surface area contributed by atoms with Crippen molar-refractivity contribution in [2.75, 3.05) is 20.2 Å². The van der Waals surface area contributed by atoms with Crippen LogP contribution in [0.25, 0.3) is 10.7 Å². The lowest BCUT2D eigenvalue weighted by Crippen LogP contribution is -2.29. The Kier molecular flexibility index (Phi) is 4.85. The summed E-state index contributed by atoms with van der Waals surface area (Å²) in [6.45, 7) is -0.732. The quantitative estimate of drug-likeness (QED) is 0.657. The van der Waals surface area contributed by atoms with Crippen LogP contribution in [-0.2, 0) is 21.4 Å². The van der Waals surface area contributed by atoms with Crippen molar-refractivity contribution in [3.63, 3.8) is 0 Å². The highest BCUT2D eigenvalue weighted by atomic mass is 32.2. The Bertz CT molecular complexity index is 768. The minimum absolute atomic E-state index is 0.0215. The third kappa shape index (κ3) is 3.30. The van der Waals surface area contributed by atoms with Crippen LogP contribution in [0.15, 0.2) is 16.3 Å². The molecule has 0 fully saturated rings. The van der Waals surface area contributed by atoms with Crippen molar-refractivity contribution in [3.8, 4) is 10.7 Å². The average molecular weight is 347 g/mol. The summed E-state index contributed by atoms with van der Waals surface area (Å²) in [5, 5.41) is 28.3. The molecule has 0 aliphatic heterocycles. The second-order valence-corrected chi connectivity index (χ2v) is 7.58. The fraction of sp³-hybridized carbons (Fsp3) is 0.400. The van der Waals surface area contributed by atoms with Gasteiger partial charge < -0.3 is 10.2 Å². The summed E-state index contributed by atoms with van der Waals surface area (Å²) in [6, 6.07) is 2.90. The average Bonchev–Trinajstić information content (AvgIpc) is 3.06. The van der Waals surface area contributed by atoms with E-state index in [9.17, 15) is 13.2 Å². The van der Waals surface area contributed by atoms with E-state index in [0.717, 1.165) is 20.3 Å². The lowest BCUT2D eigenvalue weighted by Gasteiger charge is -2.13. The van der Waals surface area contributed by atoms with Gasteiger partial charge in [0.2, 0.25) is 0 Å². The second kappa shape index (κ2) is 6.48. The van der Waals surface area contributed by atoms with E-state index in [1.807, 2.05) is 0 Å². The molecule has 2 aromatic heterocycles.